The van der Waals surface area contributed by atoms with Crippen LogP contribution in [0.3, 0.4) is 0 Å². The number of carbonyl (C=O) groups excluding carboxylic acids is 3. The van der Waals surface area contributed by atoms with Crippen molar-refractivity contribution in [3.63, 3.8) is 0 Å². The summed E-state index contributed by atoms with van der Waals surface area (Å²) in [5.41, 5.74) is 5.88. The topological polar surface area (TPSA) is 167 Å². The fraction of sp³-hybridized carbons (Fsp3) is 0.429. The van der Waals surface area contributed by atoms with Gasteiger partial charge in [-0.25, -0.2) is 8.78 Å². The van der Waals surface area contributed by atoms with Crippen LogP contribution in [0.4, 0.5) is 8.78 Å². The molecule has 0 aliphatic rings. The van der Waals surface area contributed by atoms with Crippen LogP contribution in [0.2, 0.25) is 0 Å². The number of amides is 3. The lowest BCUT2D eigenvalue weighted by Crippen LogP contribution is -2.49. The molecule has 48 heavy (non-hydrogen) atoms. The fourth-order valence-electron chi connectivity index (χ4n) is 5.32. The number of nitrogens with one attached hydrogen (secondary N) is 2. The summed E-state index contributed by atoms with van der Waals surface area (Å²) in [6, 6.07) is 12.6. The van der Waals surface area contributed by atoms with E-state index in [1.807, 2.05) is 55.7 Å². The quantitative estimate of drug-likeness (QED) is 0.122. The number of aliphatic hydroxyl groups is 1. The predicted molar refractivity (Wildman–Crippen MR) is 176 cm³/mol. The molecule has 0 spiro atoms. The Morgan fingerprint density at radius 3 is 2.21 bits per heavy atom. The number of nitrogens with zero attached hydrogens (tertiary/aromatic N) is 2. The molecule has 2 aromatic carbocycles. The number of aliphatic hydroxyl groups excluding tert-OH is 1. The van der Waals surface area contributed by atoms with Gasteiger partial charge in [0.1, 0.15) is 23.7 Å². The normalized spacial score (nSPS) is 13.0. The first-order valence-corrected chi connectivity index (χ1v) is 15.6. The number of carbonyl (C=O) groups is 4. The minimum absolute atomic E-state index is 0.00728. The maximum absolute atomic E-state index is 15.0. The van der Waals surface area contributed by atoms with Crippen LogP contribution in [0.1, 0.15) is 58.3 Å². The molecule has 13 heteroatoms. The van der Waals surface area contributed by atoms with Gasteiger partial charge in [-0.15, -0.1) is 0 Å². The van der Waals surface area contributed by atoms with Crippen molar-refractivity contribution in [1.29, 1.82) is 0 Å². The fourth-order valence-corrected chi connectivity index (χ4v) is 5.32. The van der Waals surface area contributed by atoms with Crippen molar-refractivity contribution in [2.45, 2.75) is 59.7 Å². The van der Waals surface area contributed by atoms with Gasteiger partial charge in [-0.05, 0) is 55.5 Å². The zero-order valence-corrected chi connectivity index (χ0v) is 27.9. The molecular weight excluding hydrogens is 624 g/mol. The zero-order chi connectivity index (χ0) is 35.8. The highest BCUT2D eigenvalue weighted by molar-refractivity contribution is 6.00. The number of halogens is 2. The highest BCUT2D eigenvalue weighted by atomic mass is 19.1. The Bertz CT molecular complexity index is 1600. The summed E-state index contributed by atoms with van der Waals surface area (Å²) in [6.45, 7) is 7.73. The highest BCUT2D eigenvalue weighted by Gasteiger charge is 2.38. The van der Waals surface area contributed by atoms with E-state index in [1.165, 1.54) is 18.7 Å². The number of carboxylic acid groups (broad SMARTS) is 1. The van der Waals surface area contributed by atoms with E-state index < -0.39 is 64.8 Å². The van der Waals surface area contributed by atoms with Crippen LogP contribution in [0.5, 0.6) is 0 Å². The highest BCUT2D eigenvalue weighted by Crippen LogP contribution is 2.41. The maximum Gasteiger partial charge on any atom is 0.318 e. The minimum Gasteiger partial charge on any atom is -0.480 e. The van der Waals surface area contributed by atoms with Crippen molar-refractivity contribution in [2.24, 2.45) is 16.6 Å². The third-order valence-electron chi connectivity index (χ3n) is 8.06. The molecule has 260 valence electrons. The molecule has 0 bridgehead atoms. The van der Waals surface area contributed by atoms with Gasteiger partial charge in [0.25, 0.3) is 0 Å². The average Bonchev–Trinajstić information content (AvgIpc) is 3.43. The number of carboxylic acids is 1. The smallest absolute Gasteiger partial charge is 0.318 e. The number of aliphatic carboxylic acids is 1. The first kappa shape index (κ1) is 37.8. The van der Waals surface area contributed by atoms with E-state index in [2.05, 4.69) is 10.6 Å². The molecule has 1 aromatic heterocycles. The minimum atomic E-state index is -1.64. The molecule has 1 heterocycles. The molecule has 3 aromatic rings. The van der Waals surface area contributed by atoms with Crippen LogP contribution in [0.25, 0.3) is 11.1 Å². The summed E-state index contributed by atoms with van der Waals surface area (Å²) in [6.07, 6.45) is 1.71. The Labute approximate surface area is 279 Å². The summed E-state index contributed by atoms with van der Waals surface area (Å²) in [5, 5.41) is 24.2. The molecule has 0 radical (unpaired) electrons. The maximum atomic E-state index is 15.0. The number of benzene rings is 2. The summed E-state index contributed by atoms with van der Waals surface area (Å²) in [4.78, 5) is 51.0. The summed E-state index contributed by atoms with van der Waals surface area (Å²) < 4.78 is 31.0. The van der Waals surface area contributed by atoms with Crippen LogP contribution in [0.15, 0.2) is 60.8 Å². The zero-order valence-electron chi connectivity index (χ0n) is 27.9. The lowest BCUT2D eigenvalue weighted by Gasteiger charge is -2.41. The molecule has 0 aliphatic heterocycles. The van der Waals surface area contributed by atoms with Crippen LogP contribution >= 0.6 is 0 Å². The predicted octanol–water partition coefficient (Wildman–Crippen LogP) is 3.45. The molecule has 11 nitrogen and oxygen atoms in total. The molecule has 0 saturated carbocycles. The van der Waals surface area contributed by atoms with Gasteiger partial charge in [0, 0.05) is 49.2 Å². The number of aromatic nitrogens is 1. The molecule has 2 atom stereocenters. The Balaban J connectivity index is 1.88. The van der Waals surface area contributed by atoms with Crippen molar-refractivity contribution in [3.05, 3.63) is 83.7 Å². The second-order valence-electron chi connectivity index (χ2n) is 13.3. The van der Waals surface area contributed by atoms with E-state index in [0.29, 0.717) is 17.8 Å². The third-order valence-corrected chi connectivity index (χ3v) is 8.06. The molecule has 1 unspecified atom stereocenters. The van der Waals surface area contributed by atoms with Crippen LogP contribution < -0.4 is 16.4 Å². The van der Waals surface area contributed by atoms with Gasteiger partial charge in [0.2, 0.25) is 17.7 Å². The van der Waals surface area contributed by atoms with Gasteiger partial charge >= 0.3 is 5.97 Å². The largest absolute Gasteiger partial charge is 0.480 e. The van der Waals surface area contributed by atoms with Crippen molar-refractivity contribution in [3.8, 4) is 11.1 Å². The number of hydrogen-bond donors (Lipinski definition) is 5. The number of rotatable bonds is 15. The molecule has 3 rings (SSSR count). The van der Waals surface area contributed by atoms with Gasteiger partial charge in [0.15, 0.2) is 0 Å². The lowest BCUT2D eigenvalue weighted by molar-refractivity contribution is -0.153. The van der Waals surface area contributed by atoms with Crippen LogP contribution in [0, 0.1) is 22.5 Å². The Morgan fingerprint density at radius 2 is 1.60 bits per heavy atom. The van der Waals surface area contributed by atoms with E-state index in [0.717, 1.165) is 23.8 Å². The third kappa shape index (κ3) is 9.48. The van der Waals surface area contributed by atoms with E-state index in [4.69, 9.17) is 5.73 Å². The number of hydrogen-bond acceptors (Lipinski definition) is 6. The summed E-state index contributed by atoms with van der Waals surface area (Å²) in [7, 11) is 0. The van der Waals surface area contributed by atoms with Crippen LogP contribution in [-0.2, 0) is 25.7 Å². The van der Waals surface area contributed by atoms with Gasteiger partial charge < -0.3 is 36.0 Å². The van der Waals surface area contributed by atoms with Crippen molar-refractivity contribution < 1.29 is 38.2 Å². The Morgan fingerprint density at radius 1 is 0.958 bits per heavy atom. The molecule has 0 aliphatic carbocycles. The van der Waals surface area contributed by atoms with E-state index in [-0.39, 0.29) is 31.6 Å². The standard InChI is InChI=1S/C35H45F2N5O6/c1-34(2,3)30(28-17-23(25-18-24(36)11-12-26(25)37)20-41(28)19-22-9-7-6-8-10-22)42(29(44)21-43)16-13-27(38)31(45)39-14-15-40-32(46)35(4,5)33(47)48/h6-12,17-18,20,27,30,43H,13-16,19,21,38H2,1-5H3,(H,39,45)(H,40,46)(H,47,48)/t27?,30-/m0/s1. The first-order valence-electron chi connectivity index (χ1n) is 15.6. The van der Waals surface area contributed by atoms with Crippen LogP contribution in [-0.4, -0.2) is 75.7 Å². The molecule has 3 amide bonds. The van der Waals surface area contributed by atoms with Gasteiger partial charge in [0.05, 0.1) is 12.1 Å². The van der Waals surface area contributed by atoms with Gasteiger partial charge in [-0.3, -0.25) is 19.2 Å². The van der Waals surface area contributed by atoms with E-state index >= 15 is 0 Å². The van der Waals surface area contributed by atoms with Crippen molar-refractivity contribution in [2.75, 3.05) is 26.2 Å². The average molecular weight is 670 g/mol. The van der Waals surface area contributed by atoms with Gasteiger partial charge in [-0.2, -0.15) is 0 Å². The van der Waals surface area contributed by atoms with E-state index in [9.17, 15) is 38.2 Å². The SMILES string of the molecule is CC(C)(C(=O)O)C(=O)NCCNC(=O)C(N)CCN(C(=O)CO)[C@@H](c1cc(-c2cc(F)ccc2F)cn1Cc1ccccc1)C(C)(C)C. The monoisotopic (exact) mass is 669 g/mol. The Kier molecular flexibility index (Phi) is 12.6. The first-order chi connectivity index (χ1) is 22.5. The van der Waals surface area contributed by atoms with Gasteiger partial charge in [-0.1, -0.05) is 51.1 Å². The lowest BCUT2D eigenvalue weighted by atomic mass is 9.82. The molecule has 6 N–H and O–H groups in total. The van der Waals surface area contributed by atoms with Crippen molar-refractivity contribution >= 4 is 23.7 Å². The summed E-state index contributed by atoms with van der Waals surface area (Å²) >= 11 is 0. The molecule has 0 saturated heterocycles. The second-order valence-corrected chi connectivity index (χ2v) is 13.3. The summed E-state index contributed by atoms with van der Waals surface area (Å²) in [5.74, 6) is -4.38. The molecule has 0 fully saturated rings. The van der Waals surface area contributed by atoms with E-state index in [1.54, 1.807) is 12.3 Å². The number of nitrogens with two attached hydrogens (primary N) is 1. The Hall–Kier alpha value is -4.62. The molecular formula is C35H45F2N5O6. The van der Waals surface area contributed by atoms with Crippen molar-refractivity contribution in [1.82, 2.24) is 20.1 Å². The second kappa shape index (κ2) is 16.0.